The van der Waals surface area contributed by atoms with Crippen molar-refractivity contribution in [2.75, 3.05) is 10.6 Å². The lowest BCUT2D eigenvalue weighted by Gasteiger charge is -2.18. The fourth-order valence-electron chi connectivity index (χ4n) is 3.53. The first-order valence-corrected chi connectivity index (χ1v) is 11.2. The molecule has 0 aliphatic heterocycles. The second-order valence-electron chi connectivity index (χ2n) is 7.80. The third-order valence-electron chi connectivity index (χ3n) is 5.33. The van der Waals surface area contributed by atoms with Gasteiger partial charge in [0.2, 0.25) is 0 Å². The Balaban J connectivity index is 1.38. The quantitative estimate of drug-likeness (QED) is 0.326. The molecule has 0 radical (unpaired) electrons. The lowest BCUT2D eigenvalue weighted by molar-refractivity contribution is -0.122. The summed E-state index contributed by atoms with van der Waals surface area (Å²) in [5.74, 6) is 0.171. The van der Waals surface area contributed by atoms with Crippen LogP contribution >= 0.6 is 0 Å². The number of carbonyl (C=O) groups is 2. The Morgan fingerprint density at radius 1 is 0.706 bits per heavy atom. The Morgan fingerprint density at radius 2 is 1.29 bits per heavy atom. The summed E-state index contributed by atoms with van der Waals surface area (Å²) in [6.45, 7) is 1.90. The van der Waals surface area contributed by atoms with Gasteiger partial charge in [-0.25, -0.2) is 0 Å². The van der Waals surface area contributed by atoms with Gasteiger partial charge >= 0.3 is 0 Å². The molecule has 2 amide bonds. The summed E-state index contributed by atoms with van der Waals surface area (Å²) >= 11 is 0. The van der Waals surface area contributed by atoms with Crippen LogP contribution in [0.2, 0.25) is 0 Å². The number of amides is 2. The highest BCUT2D eigenvalue weighted by Crippen LogP contribution is 2.23. The largest absolute Gasteiger partial charge is 0.481 e. The van der Waals surface area contributed by atoms with Crippen LogP contribution in [0.5, 0.6) is 5.75 Å². The van der Waals surface area contributed by atoms with Crippen LogP contribution in [0.25, 0.3) is 11.1 Å². The molecule has 0 spiro atoms. The molecule has 34 heavy (non-hydrogen) atoms. The van der Waals surface area contributed by atoms with Crippen LogP contribution in [0, 0.1) is 0 Å². The smallest absolute Gasteiger partial charge is 0.265 e. The number of nitrogens with one attached hydrogen (secondary N) is 2. The third kappa shape index (κ3) is 5.90. The number of hydrogen-bond donors (Lipinski definition) is 2. The first-order valence-electron chi connectivity index (χ1n) is 11.2. The second-order valence-corrected chi connectivity index (χ2v) is 7.80. The van der Waals surface area contributed by atoms with Gasteiger partial charge in [0.1, 0.15) is 5.75 Å². The maximum atomic E-state index is 12.9. The number of anilines is 2. The molecule has 2 N–H and O–H groups in total. The van der Waals surface area contributed by atoms with Crippen molar-refractivity contribution in [2.45, 2.75) is 19.4 Å². The summed E-state index contributed by atoms with van der Waals surface area (Å²) in [6, 6.07) is 33.8. The van der Waals surface area contributed by atoms with Gasteiger partial charge in [0.05, 0.1) is 0 Å². The maximum absolute atomic E-state index is 12.9. The van der Waals surface area contributed by atoms with Crippen LogP contribution in [-0.4, -0.2) is 17.9 Å². The molecule has 0 saturated carbocycles. The summed E-state index contributed by atoms with van der Waals surface area (Å²) in [7, 11) is 0. The first-order chi connectivity index (χ1) is 16.6. The predicted molar refractivity (Wildman–Crippen MR) is 136 cm³/mol. The van der Waals surface area contributed by atoms with Crippen LogP contribution in [0.4, 0.5) is 11.4 Å². The van der Waals surface area contributed by atoms with Gasteiger partial charge in [-0.1, -0.05) is 73.7 Å². The molecule has 0 bridgehead atoms. The molecule has 4 aromatic carbocycles. The molecule has 0 heterocycles. The summed E-state index contributed by atoms with van der Waals surface area (Å²) in [5.41, 5.74) is 3.95. The highest BCUT2D eigenvalue weighted by atomic mass is 16.5. The van der Waals surface area contributed by atoms with Gasteiger partial charge in [0, 0.05) is 16.9 Å². The highest BCUT2D eigenvalue weighted by molar-refractivity contribution is 6.04. The number of rotatable bonds is 8. The molecule has 0 fully saturated rings. The van der Waals surface area contributed by atoms with E-state index in [0.29, 0.717) is 29.1 Å². The molecule has 0 aromatic heterocycles. The van der Waals surface area contributed by atoms with E-state index in [0.717, 1.165) is 11.1 Å². The zero-order valence-corrected chi connectivity index (χ0v) is 18.9. The van der Waals surface area contributed by atoms with Crippen LogP contribution < -0.4 is 15.4 Å². The van der Waals surface area contributed by atoms with Crippen molar-refractivity contribution in [1.82, 2.24) is 0 Å². The van der Waals surface area contributed by atoms with E-state index in [4.69, 9.17) is 4.74 Å². The van der Waals surface area contributed by atoms with Gasteiger partial charge in [-0.3, -0.25) is 9.59 Å². The van der Waals surface area contributed by atoms with Crippen molar-refractivity contribution >= 4 is 23.2 Å². The van der Waals surface area contributed by atoms with Crippen molar-refractivity contribution < 1.29 is 14.3 Å². The fraction of sp³-hybridized carbons (Fsp3) is 0.103. The Bertz CT molecular complexity index is 1240. The van der Waals surface area contributed by atoms with Gasteiger partial charge < -0.3 is 15.4 Å². The third-order valence-corrected chi connectivity index (χ3v) is 5.33. The topological polar surface area (TPSA) is 67.4 Å². The zero-order valence-electron chi connectivity index (χ0n) is 18.9. The van der Waals surface area contributed by atoms with E-state index >= 15 is 0 Å². The average molecular weight is 451 g/mol. The monoisotopic (exact) mass is 450 g/mol. The Labute approximate surface area is 199 Å². The second kappa shape index (κ2) is 11.0. The lowest BCUT2D eigenvalue weighted by atomic mass is 10.1. The molecule has 170 valence electrons. The van der Waals surface area contributed by atoms with Gasteiger partial charge in [-0.2, -0.15) is 0 Å². The first kappa shape index (κ1) is 22.8. The number of carbonyl (C=O) groups excluding carboxylic acids is 2. The molecule has 5 nitrogen and oxygen atoms in total. The van der Waals surface area contributed by atoms with E-state index in [9.17, 15) is 9.59 Å². The van der Waals surface area contributed by atoms with Crippen LogP contribution in [0.15, 0.2) is 109 Å². The van der Waals surface area contributed by atoms with Crippen LogP contribution in [-0.2, 0) is 4.79 Å². The van der Waals surface area contributed by atoms with E-state index in [-0.39, 0.29) is 11.8 Å². The maximum Gasteiger partial charge on any atom is 0.265 e. The molecule has 1 atom stereocenters. The van der Waals surface area contributed by atoms with Gasteiger partial charge in [-0.05, 0) is 60.0 Å². The van der Waals surface area contributed by atoms with E-state index < -0.39 is 6.10 Å². The van der Waals surface area contributed by atoms with Crippen molar-refractivity contribution in [3.8, 4) is 16.9 Å². The molecular weight excluding hydrogens is 424 g/mol. The zero-order chi connectivity index (χ0) is 23.8. The molecule has 0 aliphatic carbocycles. The molecule has 0 aliphatic rings. The summed E-state index contributed by atoms with van der Waals surface area (Å²) < 4.78 is 5.96. The van der Waals surface area contributed by atoms with Crippen LogP contribution in [0.3, 0.4) is 0 Å². The Kier molecular flexibility index (Phi) is 7.35. The Morgan fingerprint density at radius 3 is 1.94 bits per heavy atom. The minimum atomic E-state index is -0.648. The van der Waals surface area contributed by atoms with Crippen molar-refractivity contribution in [2.24, 2.45) is 0 Å². The van der Waals surface area contributed by atoms with Crippen LogP contribution in [0.1, 0.15) is 23.7 Å². The lowest BCUT2D eigenvalue weighted by Crippen LogP contribution is -2.32. The number of ether oxygens (including phenoxy) is 1. The highest BCUT2D eigenvalue weighted by Gasteiger charge is 2.19. The van der Waals surface area contributed by atoms with Crippen molar-refractivity contribution in [3.05, 3.63) is 115 Å². The van der Waals surface area contributed by atoms with Crippen molar-refractivity contribution in [1.29, 1.82) is 0 Å². The average Bonchev–Trinajstić information content (AvgIpc) is 2.89. The summed E-state index contributed by atoms with van der Waals surface area (Å²) in [5, 5.41) is 5.74. The van der Waals surface area contributed by atoms with Gasteiger partial charge in [0.15, 0.2) is 6.10 Å². The summed E-state index contributed by atoms with van der Waals surface area (Å²) in [4.78, 5) is 25.3. The normalized spacial score (nSPS) is 11.3. The number of benzene rings is 4. The molecule has 1 unspecified atom stereocenters. The molecule has 5 heteroatoms. The molecule has 4 rings (SSSR count). The molecule has 0 saturated heterocycles. The van der Waals surface area contributed by atoms with Crippen molar-refractivity contribution in [3.63, 3.8) is 0 Å². The summed E-state index contributed by atoms with van der Waals surface area (Å²) in [6.07, 6.45) is -0.137. The molecule has 4 aromatic rings. The predicted octanol–water partition coefficient (Wildman–Crippen LogP) is 6.40. The minimum absolute atomic E-state index is 0.210. The van der Waals surface area contributed by atoms with E-state index in [1.807, 2.05) is 67.6 Å². The van der Waals surface area contributed by atoms with E-state index in [2.05, 4.69) is 22.8 Å². The fourth-order valence-corrected chi connectivity index (χ4v) is 3.53. The van der Waals surface area contributed by atoms with E-state index in [1.165, 1.54) is 0 Å². The minimum Gasteiger partial charge on any atom is -0.481 e. The standard InChI is InChI=1S/C29H26N2O3/c1-2-27(34-26-18-16-22(17-19-26)21-10-5-3-6-11-21)29(33)31-25-15-9-14-24(20-25)30-28(32)23-12-7-4-8-13-23/h3-20,27H,2H2,1H3,(H,30,32)(H,31,33). The SMILES string of the molecule is CCC(Oc1ccc(-c2ccccc2)cc1)C(=O)Nc1cccc(NC(=O)c2ccccc2)c1. The Hall–Kier alpha value is -4.38. The van der Waals surface area contributed by atoms with Gasteiger partial charge in [-0.15, -0.1) is 0 Å². The number of hydrogen-bond acceptors (Lipinski definition) is 3. The molecular formula is C29H26N2O3. The van der Waals surface area contributed by atoms with E-state index in [1.54, 1.807) is 36.4 Å². The van der Waals surface area contributed by atoms with Gasteiger partial charge in [0.25, 0.3) is 11.8 Å².